The van der Waals surface area contributed by atoms with Gasteiger partial charge in [-0.25, -0.2) is 9.78 Å². The highest BCUT2D eigenvalue weighted by atomic mass is 35.5. The van der Waals surface area contributed by atoms with Crippen molar-refractivity contribution < 1.29 is 27.5 Å². The number of anilines is 1. The molecule has 3 aliphatic rings. The van der Waals surface area contributed by atoms with Crippen LogP contribution in [0.3, 0.4) is 0 Å². The Morgan fingerprint density at radius 1 is 1.23 bits per heavy atom. The Kier molecular flexibility index (Phi) is 5.05. The molecule has 2 heterocycles. The van der Waals surface area contributed by atoms with Crippen LogP contribution in [0.2, 0.25) is 5.15 Å². The lowest BCUT2D eigenvalue weighted by Gasteiger charge is -2.69. The van der Waals surface area contributed by atoms with Gasteiger partial charge in [0.25, 0.3) is 0 Å². The Bertz CT molecular complexity index is 1440. The second kappa shape index (κ2) is 7.46. The van der Waals surface area contributed by atoms with Crippen LogP contribution in [0.4, 0.5) is 18.9 Å². The number of nitrogens with one attached hydrogen (secondary N) is 1. The van der Waals surface area contributed by atoms with Gasteiger partial charge in [0.1, 0.15) is 16.5 Å². The summed E-state index contributed by atoms with van der Waals surface area (Å²) >= 11 is 5.84. The zero-order valence-electron chi connectivity index (χ0n) is 19.1. The molecule has 3 fully saturated rings. The zero-order chi connectivity index (χ0) is 25.5. The van der Waals surface area contributed by atoms with Gasteiger partial charge in [0.05, 0.1) is 22.5 Å². The van der Waals surface area contributed by atoms with Crippen molar-refractivity contribution in [1.29, 1.82) is 0 Å². The number of nitrogens with zero attached hydrogens (tertiary/aromatic N) is 1. The second-order valence-electron chi connectivity index (χ2n) is 9.91. The van der Waals surface area contributed by atoms with E-state index in [1.807, 2.05) is 13.0 Å². The topological polar surface area (TPSA) is 92.4 Å². The van der Waals surface area contributed by atoms with Crippen LogP contribution in [0.25, 0.3) is 11.0 Å². The third-order valence-electron chi connectivity index (χ3n) is 7.41. The number of carboxylic acid groups (broad SMARTS) is 1. The number of hydrogen-bond acceptors (Lipinski definition) is 5. The quantitative estimate of drug-likeness (QED) is 0.394. The SMILES string of the molecule is Cc1cc(C(C)Nc2ccc(Cl)nc2C(=O)O)c2oc(C34CC(C(F)(F)F)(C3)C4)c(C)c(=O)c2c1. The molecular formula is C25H22ClF3N2O4. The molecule has 35 heavy (non-hydrogen) atoms. The minimum atomic E-state index is -4.27. The number of aromatic nitrogens is 1. The fourth-order valence-electron chi connectivity index (χ4n) is 5.75. The lowest BCUT2D eigenvalue weighted by molar-refractivity contribution is -0.340. The van der Waals surface area contributed by atoms with E-state index >= 15 is 0 Å². The Morgan fingerprint density at radius 2 is 1.89 bits per heavy atom. The molecule has 2 bridgehead atoms. The number of rotatable bonds is 5. The van der Waals surface area contributed by atoms with Crippen molar-refractivity contribution in [3.8, 4) is 0 Å². The Labute approximate surface area is 203 Å². The fourth-order valence-corrected chi connectivity index (χ4v) is 5.90. The maximum Gasteiger partial charge on any atom is 0.394 e. The van der Waals surface area contributed by atoms with Crippen LogP contribution in [0.1, 0.15) is 65.2 Å². The molecule has 0 amide bonds. The number of pyridine rings is 1. The number of aryl methyl sites for hydroxylation is 1. The highest BCUT2D eigenvalue weighted by molar-refractivity contribution is 6.29. The lowest BCUT2D eigenvalue weighted by Crippen LogP contribution is -2.70. The molecule has 6 rings (SSSR count). The fraction of sp³-hybridized carbons (Fsp3) is 0.400. The normalized spacial score (nSPS) is 24.0. The van der Waals surface area contributed by atoms with Gasteiger partial charge in [-0.2, -0.15) is 13.2 Å². The van der Waals surface area contributed by atoms with Gasteiger partial charge in [-0.05, 0) is 63.8 Å². The van der Waals surface area contributed by atoms with Gasteiger partial charge in [0.15, 0.2) is 11.1 Å². The predicted molar refractivity (Wildman–Crippen MR) is 124 cm³/mol. The summed E-state index contributed by atoms with van der Waals surface area (Å²) in [6, 6.07) is 5.94. The number of carboxylic acids is 1. The van der Waals surface area contributed by atoms with Crippen LogP contribution in [-0.4, -0.2) is 22.2 Å². The number of alkyl halides is 3. The first kappa shape index (κ1) is 23.7. The summed E-state index contributed by atoms with van der Waals surface area (Å²) in [7, 11) is 0. The molecule has 0 radical (unpaired) electrons. The first-order valence-corrected chi connectivity index (χ1v) is 11.5. The van der Waals surface area contributed by atoms with E-state index < -0.39 is 29.0 Å². The van der Waals surface area contributed by atoms with Gasteiger partial charge < -0.3 is 14.8 Å². The van der Waals surface area contributed by atoms with Gasteiger partial charge in [0.2, 0.25) is 0 Å². The molecule has 1 unspecified atom stereocenters. The summed E-state index contributed by atoms with van der Waals surface area (Å²) in [6.07, 6.45) is -4.50. The number of benzene rings is 1. The van der Waals surface area contributed by atoms with Crippen molar-refractivity contribution in [2.45, 2.75) is 57.7 Å². The minimum Gasteiger partial charge on any atom is -0.476 e. The van der Waals surface area contributed by atoms with E-state index in [2.05, 4.69) is 10.3 Å². The smallest absolute Gasteiger partial charge is 0.394 e. The van der Waals surface area contributed by atoms with Crippen LogP contribution in [-0.2, 0) is 5.41 Å². The minimum absolute atomic E-state index is 0.0305. The van der Waals surface area contributed by atoms with Crippen molar-refractivity contribution in [1.82, 2.24) is 4.98 Å². The van der Waals surface area contributed by atoms with Crippen molar-refractivity contribution >= 4 is 34.2 Å². The van der Waals surface area contributed by atoms with Crippen molar-refractivity contribution in [2.24, 2.45) is 5.41 Å². The van der Waals surface area contributed by atoms with E-state index in [9.17, 15) is 27.9 Å². The molecule has 0 saturated heterocycles. The molecule has 1 atom stereocenters. The molecule has 184 valence electrons. The van der Waals surface area contributed by atoms with Crippen LogP contribution < -0.4 is 10.7 Å². The van der Waals surface area contributed by atoms with Crippen LogP contribution in [0, 0.1) is 19.3 Å². The first-order valence-electron chi connectivity index (χ1n) is 11.1. The van der Waals surface area contributed by atoms with E-state index in [-0.39, 0.29) is 46.8 Å². The van der Waals surface area contributed by atoms with Gasteiger partial charge in [0, 0.05) is 16.5 Å². The predicted octanol–water partition coefficient (Wildman–Crippen LogP) is 6.31. The standard InChI is InChI=1S/C25H22ClF3N2O4/c1-11-6-14(13(3)30-16-4-5-17(26)31-18(16)22(33)34)20-15(7-11)19(32)12(2)21(35-20)23-8-24(9-23,10-23)25(27,28)29/h4-7,13,30H,8-10H2,1-3H3,(H,33,34). The van der Waals surface area contributed by atoms with Gasteiger partial charge in [-0.3, -0.25) is 4.79 Å². The monoisotopic (exact) mass is 506 g/mol. The Hall–Kier alpha value is -3.07. The number of fused-ring (bicyclic) bond motifs is 1. The lowest BCUT2D eigenvalue weighted by atomic mass is 9.34. The van der Waals surface area contributed by atoms with Crippen molar-refractivity contribution in [3.63, 3.8) is 0 Å². The van der Waals surface area contributed by atoms with E-state index in [0.717, 1.165) is 5.56 Å². The van der Waals surface area contributed by atoms with Crippen LogP contribution in [0.5, 0.6) is 0 Å². The number of carbonyl (C=O) groups is 1. The summed E-state index contributed by atoms with van der Waals surface area (Å²) in [5.74, 6) is -0.944. The first-order chi connectivity index (χ1) is 16.3. The number of hydrogen-bond donors (Lipinski definition) is 2. The van der Waals surface area contributed by atoms with E-state index in [1.54, 1.807) is 19.9 Å². The maximum absolute atomic E-state index is 13.4. The largest absolute Gasteiger partial charge is 0.476 e. The molecule has 2 aromatic heterocycles. The highest BCUT2D eigenvalue weighted by Gasteiger charge is 2.80. The van der Waals surface area contributed by atoms with Gasteiger partial charge in [-0.15, -0.1) is 0 Å². The van der Waals surface area contributed by atoms with E-state index in [0.29, 0.717) is 22.3 Å². The molecule has 10 heteroatoms. The molecule has 2 N–H and O–H groups in total. The van der Waals surface area contributed by atoms with Crippen molar-refractivity contribution in [2.75, 3.05) is 5.32 Å². The molecule has 3 aromatic rings. The van der Waals surface area contributed by atoms with E-state index in [1.165, 1.54) is 12.1 Å². The number of aromatic carboxylic acids is 1. The third kappa shape index (κ3) is 3.43. The van der Waals surface area contributed by atoms with Crippen LogP contribution >= 0.6 is 11.6 Å². The molecule has 0 spiro atoms. The molecule has 3 saturated carbocycles. The number of halogens is 4. The van der Waals surface area contributed by atoms with E-state index in [4.69, 9.17) is 16.0 Å². The average Bonchev–Trinajstić information content (AvgIpc) is 2.69. The highest BCUT2D eigenvalue weighted by Crippen LogP contribution is 2.78. The molecule has 3 aliphatic carbocycles. The molecule has 6 nitrogen and oxygen atoms in total. The second-order valence-corrected chi connectivity index (χ2v) is 10.3. The maximum atomic E-state index is 13.4. The third-order valence-corrected chi connectivity index (χ3v) is 7.62. The molecular weight excluding hydrogens is 485 g/mol. The molecule has 0 aliphatic heterocycles. The van der Waals surface area contributed by atoms with Crippen molar-refractivity contribution in [3.05, 3.63) is 67.8 Å². The Balaban J connectivity index is 1.59. The molecule has 1 aromatic carbocycles. The zero-order valence-corrected chi connectivity index (χ0v) is 19.9. The van der Waals surface area contributed by atoms with Gasteiger partial charge in [-0.1, -0.05) is 17.7 Å². The Morgan fingerprint density at radius 3 is 2.49 bits per heavy atom. The van der Waals surface area contributed by atoms with Gasteiger partial charge >= 0.3 is 12.1 Å². The summed E-state index contributed by atoms with van der Waals surface area (Å²) in [6.45, 7) is 5.19. The summed E-state index contributed by atoms with van der Waals surface area (Å²) < 4.78 is 46.5. The summed E-state index contributed by atoms with van der Waals surface area (Å²) in [5.41, 5.74) is -0.767. The summed E-state index contributed by atoms with van der Waals surface area (Å²) in [5, 5.41) is 13.0. The van der Waals surface area contributed by atoms with Crippen LogP contribution in [0.15, 0.2) is 33.5 Å². The average molecular weight is 507 g/mol. The summed E-state index contributed by atoms with van der Waals surface area (Å²) in [4.78, 5) is 28.8.